The summed E-state index contributed by atoms with van der Waals surface area (Å²) >= 11 is 0. The van der Waals surface area contributed by atoms with E-state index >= 15 is 0 Å². The predicted molar refractivity (Wildman–Crippen MR) is 282 cm³/mol. The molecule has 6 heteroatoms. The van der Waals surface area contributed by atoms with Crippen LogP contribution in [0.5, 0.6) is 23.0 Å². The standard InChI is InChI=1S/C62H40N2O4/c65-53-31-27-39-15-3-9-21-47(39)57(53)59-49-23-11-5-17-41(49)33-43(61(59)67)35-63-51-29-25-37-13-1-7-19-45(37)55(51)56-46-20-8-2-14-38(46)26-30-52(56)64-36-44-34-42-18-6-12-24-50(42)60(62(44)68)58-48-22-10-4-16-40(48)28-32-54(58)66/h1-36,65-68H. The molecule has 0 aliphatic heterocycles. The summed E-state index contributed by atoms with van der Waals surface area (Å²) in [4.78, 5) is 10.4. The molecular weight excluding hydrogens is 837 g/mol. The molecular formula is C62H40N2O4. The van der Waals surface area contributed by atoms with Gasteiger partial charge in [-0.15, -0.1) is 0 Å². The molecule has 6 nitrogen and oxygen atoms in total. The van der Waals surface area contributed by atoms with Crippen LogP contribution in [0.25, 0.3) is 98.0 Å². The Hall–Kier alpha value is -9.26. The van der Waals surface area contributed by atoms with Crippen LogP contribution in [0.4, 0.5) is 11.4 Å². The molecule has 0 atom stereocenters. The van der Waals surface area contributed by atoms with E-state index in [0.29, 0.717) is 44.8 Å². The maximum absolute atomic E-state index is 12.3. The van der Waals surface area contributed by atoms with Gasteiger partial charge in [0.25, 0.3) is 0 Å². The first-order valence-corrected chi connectivity index (χ1v) is 22.4. The Kier molecular flexibility index (Phi) is 9.66. The normalized spacial score (nSPS) is 11.9. The van der Waals surface area contributed by atoms with Crippen molar-refractivity contribution in [2.75, 3.05) is 0 Å². The molecule has 0 saturated heterocycles. The molecule has 0 bridgehead atoms. The second-order valence-corrected chi connectivity index (χ2v) is 17.1. The molecule has 0 radical (unpaired) electrons. The molecule has 12 rings (SSSR count). The van der Waals surface area contributed by atoms with E-state index in [4.69, 9.17) is 9.98 Å². The number of phenols is 4. The molecule has 0 unspecified atom stereocenters. The maximum Gasteiger partial charge on any atom is 0.132 e. The zero-order valence-corrected chi connectivity index (χ0v) is 36.5. The Morgan fingerprint density at radius 1 is 0.265 bits per heavy atom. The highest BCUT2D eigenvalue weighted by atomic mass is 16.3. The summed E-state index contributed by atoms with van der Waals surface area (Å²) in [6, 6.07) is 66.9. The molecule has 12 aromatic carbocycles. The van der Waals surface area contributed by atoms with Gasteiger partial charge in [0.1, 0.15) is 23.0 Å². The lowest BCUT2D eigenvalue weighted by Crippen LogP contribution is -1.93. The minimum atomic E-state index is 0.00303. The molecule has 0 aliphatic carbocycles. The van der Waals surface area contributed by atoms with Crippen molar-refractivity contribution in [3.63, 3.8) is 0 Å². The van der Waals surface area contributed by atoms with E-state index in [1.54, 1.807) is 24.6 Å². The van der Waals surface area contributed by atoms with Gasteiger partial charge in [0.15, 0.2) is 0 Å². The lowest BCUT2D eigenvalue weighted by atomic mass is 9.90. The van der Waals surface area contributed by atoms with Crippen LogP contribution in [0.15, 0.2) is 216 Å². The van der Waals surface area contributed by atoms with E-state index in [0.717, 1.165) is 75.8 Å². The van der Waals surface area contributed by atoms with E-state index in [1.165, 1.54) is 0 Å². The fourth-order valence-electron chi connectivity index (χ4n) is 10.0. The van der Waals surface area contributed by atoms with E-state index in [2.05, 4.69) is 36.4 Å². The molecule has 0 fully saturated rings. The number of nitrogens with zero attached hydrogens (tertiary/aromatic N) is 2. The van der Waals surface area contributed by atoms with Crippen molar-refractivity contribution in [2.24, 2.45) is 9.98 Å². The van der Waals surface area contributed by atoms with Crippen LogP contribution in [0.3, 0.4) is 0 Å². The summed E-state index contributed by atoms with van der Waals surface area (Å²) in [6.07, 6.45) is 3.40. The van der Waals surface area contributed by atoms with Crippen LogP contribution in [-0.4, -0.2) is 32.9 Å². The second kappa shape index (κ2) is 16.3. The number of hydrogen-bond donors (Lipinski definition) is 4. The molecule has 0 aromatic heterocycles. The molecule has 0 heterocycles. The third-order valence-corrected chi connectivity index (χ3v) is 13.2. The number of fused-ring (bicyclic) bond motifs is 6. The van der Waals surface area contributed by atoms with E-state index < -0.39 is 0 Å². The van der Waals surface area contributed by atoms with Crippen LogP contribution in [0.2, 0.25) is 0 Å². The average Bonchev–Trinajstić information content (AvgIpc) is 3.38. The number of benzene rings is 12. The molecule has 4 N–H and O–H groups in total. The number of aromatic hydroxyl groups is 4. The Balaban J connectivity index is 1.06. The highest BCUT2D eigenvalue weighted by molar-refractivity contribution is 6.17. The molecule has 0 saturated carbocycles. The van der Waals surface area contributed by atoms with Crippen LogP contribution in [-0.2, 0) is 0 Å². The van der Waals surface area contributed by atoms with Crippen molar-refractivity contribution in [1.29, 1.82) is 0 Å². The van der Waals surface area contributed by atoms with Crippen molar-refractivity contribution in [2.45, 2.75) is 0 Å². The first-order valence-electron chi connectivity index (χ1n) is 22.4. The monoisotopic (exact) mass is 876 g/mol. The number of rotatable bonds is 7. The van der Waals surface area contributed by atoms with Gasteiger partial charge in [0, 0.05) is 56.9 Å². The van der Waals surface area contributed by atoms with E-state index in [9.17, 15) is 20.4 Å². The lowest BCUT2D eigenvalue weighted by Gasteiger charge is -2.17. The zero-order chi connectivity index (χ0) is 45.9. The number of phenolic OH excluding ortho intramolecular Hbond substituents is 4. The molecule has 0 spiro atoms. The van der Waals surface area contributed by atoms with Gasteiger partial charge in [-0.3, -0.25) is 9.98 Å². The molecule has 68 heavy (non-hydrogen) atoms. The minimum absolute atomic E-state index is 0.00303. The van der Waals surface area contributed by atoms with Gasteiger partial charge >= 0.3 is 0 Å². The van der Waals surface area contributed by atoms with Gasteiger partial charge in [-0.25, -0.2) is 0 Å². The first kappa shape index (κ1) is 40.3. The number of aliphatic imine (C=N–C) groups is 2. The second-order valence-electron chi connectivity index (χ2n) is 17.1. The van der Waals surface area contributed by atoms with Crippen molar-refractivity contribution < 1.29 is 20.4 Å². The molecule has 322 valence electrons. The van der Waals surface area contributed by atoms with Crippen molar-refractivity contribution >= 4 is 88.4 Å². The highest BCUT2D eigenvalue weighted by Gasteiger charge is 2.23. The summed E-state index contributed by atoms with van der Waals surface area (Å²) in [5, 5.41) is 58.3. The van der Waals surface area contributed by atoms with Crippen molar-refractivity contribution in [1.82, 2.24) is 0 Å². The lowest BCUT2D eigenvalue weighted by molar-refractivity contribution is 0.470. The van der Waals surface area contributed by atoms with E-state index in [-0.39, 0.29) is 23.0 Å². The minimum Gasteiger partial charge on any atom is -0.507 e. The van der Waals surface area contributed by atoms with Gasteiger partial charge in [-0.1, -0.05) is 170 Å². The van der Waals surface area contributed by atoms with Gasteiger partial charge in [0.05, 0.1) is 11.4 Å². The SMILES string of the molecule is Oc1ccc2ccccc2c1-c1c(O)c(C=Nc2ccc3ccccc3c2-c2c(N=Cc3cc4ccccc4c(-c4c(O)ccc5ccccc45)c3O)ccc3ccccc23)cc2ccccc12. The van der Waals surface area contributed by atoms with Crippen LogP contribution in [0.1, 0.15) is 11.1 Å². The van der Waals surface area contributed by atoms with Gasteiger partial charge < -0.3 is 20.4 Å². The van der Waals surface area contributed by atoms with Crippen LogP contribution < -0.4 is 0 Å². The summed E-state index contributed by atoms with van der Waals surface area (Å²) in [7, 11) is 0. The van der Waals surface area contributed by atoms with Gasteiger partial charge in [0.2, 0.25) is 0 Å². The fourth-order valence-corrected chi connectivity index (χ4v) is 10.0. The summed E-state index contributed by atoms with van der Waals surface area (Å²) in [6.45, 7) is 0. The maximum atomic E-state index is 12.3. The molecule has 0 aliphatic rings. The van der Waals surface area contributed by atoms with Crippen molar-refractivity contribution in [3.05, 3.63) is 217 Å². The van der Waals surface area contributed by atoms with Crippen molar-refractivity contribution in [3.8, 4) is 56.4 Å². The quantitative estimate of drug-likeness (QED) is 0.120. The van der Waals surface area contributed by atoms with Gasteiger partial charge in [-0.05, 0) is 101 Å². The number of hydrogen-bond acceptors (Lipinski definition) is 6. The van der Waals surface area contributed by atoms with Crippen LogP contribution in [0, 0.1) is 0 Å². The molecule has 0 amide bonds. The Bertz CT molecular complexity index is 3830. The summed E-state index contributed by atoms with van der Waals surface area (Å²) in [5.41, 5.74) is 6.13. The largest absolute Gasteiger partial charge is 0.507 e. The third kappa shape index (κ3) is 6.66. The first-order chi connectivity index (χ1) is 33.4. The topological polar surface area (TPSA) is 106 Å². The molecule has 12 aromatic rings. The predicted octanol–water partition coefficient (Wildman–Crippen LogP) is 15.9. The van der Waals surface area contributed by atoms with Gasteiger partial charge in [-0.2, -0.15) is 0 Å². The average molecular weight is 877 g/mol. The smallest absolute Gasteiger partial charge is 0.132 e. The summed E-state index contributed by atoms with van der Waals surface area (Å²) < 4.78 is 0. The van der Waals surface area contributed by atoms with E-state index in [1.807, 2.05) is 158 Å². The third-order valence-electron chi connectivity index (χ3n) is 13.2. The zero-order valence-electron chi connectivity index (χ0n) is 36.5. The Morgan fingerprint density at radius 3 is 0.897 bits per heavy atom. The highest BCUT2D eigenvalue weighted by Crippen LogP contribution is 2.49. The Morgan fingerprint density at radius 2 is 0.544 bits per heavy atom. The van der Waals surface area contributed by atoms with Crippen LogP contribution >= 0.6 is 0 Å². The fraction of sp³-hybridized carbons (Fsp3) is 0. The summed E-state index contributed by atoms with van der Waals surface area (Å²) in [5.74, 6) is 0.143. The Labute approximate surface area is 391 Å².